The third-order valence-electron chi connectivity index (χ3n) is 3.04. The molecule has 0 bridgehead atoms. The zero-order valence-corrected chi connectivity index (χ0v) is 11.4. The first-order valence-corrected chi connectivity index (χ1v) is 7.08. The van der Waals surface area contributed by atoms with Gasteiger partial charge in [0.1, 0.15) is 5.82 Å². The molecule has 0 spiro atoms. The number of amides is 1. The molecule has 20 heavy (non-hydrogen) atoms. The Bertz CT molecular complexity index is 677. The number of anilines is 2. The molecule has 3 rings (SSSR count). The minimum atomic E-state index is -0.518. The first-order valence-electron chi connectivity index (χ1n) is 6.10. The Morgan fingerprint density at radius 2 is 2.20 bits per heavy atom. The van der Waals surface area contributed by atoms with Crippen molar-refractivity contribution >= 4 is 29.0 Å². The number of halogens is 1. The van der Waals surface area contributed by atoms with Gasteiger partial charge in [-0.15, -0.1) is 11.8 Å². The van der Waals surface area contributed by atoms with Crippen LogP contribution in [0.4, 0.5) is 15.8 Å². The maximum atomic E-state index is 13.2. The Labute approximate surface area is 119 Å². The molecule has 2 aromatic rings. The van der Waals surface area contributed by atoms with E-state index in [0.717, 1.165) is 22.5 Å². The fourth-order valence-corrected chi connectivity index (χ4v) is 3.11. The Kier molecular flexibility index (Phi) is 3.31. The normalized spacial score (nSPS) is 13.9. The van der Waals surface area contributed by atoms with Crippen LogP contribution in [-0.4, -0.2) is 23.2 Å². The molecule has 102 valence electrons. The van der Waals surface area contributed by atoms with E-state index in [4.69, 9.17) is 5.73 Å². The highest BCUT2D eigenvalue weighted by Gasteiger charge is 2.24. The van der Waals surface area contributed by atoms with Crippen LogP contribution in [0.25, 0.3) is 0 Å². The number of nitrogens with zero attached hydrogens (tertiary/aromatic N) is 2. The summed E-state index contributed by atoms with van der Waals surface area (Å²) in [5.41, 5.74) is 7.40. The highest BCUT2D eigenvalue weighted by molar-refractivity contribution is 7.99. The van der Waals surface area contributed by atoms with Gasteiger partial charge in [0.15, 0.2) is 0 Å². The van der Waals surface area contributed by atoms with Crippen molar-refractivity contribution in [3.63, 3.8) is 0 Å². The molecule has 4 nitrogen and oxygen atoms in total. The Balaban J connectivity index is 2.00. The second-order valence-corrected chi connectivity index (χ2v) is 5.56. The number of aromatic nitrogens is 1. The van der Waals surface area contributed by atoms with Gasteiger partial charge in [-0.25, -0.2) is 4.39 Å². The molecule has 0 atom stereocenters. The van der Waals surface area contributed by atoms with Gasteiger partial charge in [0.25, 0.3) is 5.91 Å². The summed E-state index contributed by atoms with van der Waals surface area (Å²) in [7, 11) is 0. The molecular formula is C14H12FN3OS. The highest BCUT2D eigenvalue weighted by atomic mass is 32.2. The average molecular weight is 289 g/mol. The van der Waals surface area contributed by atoms with Crippen LogP contribution in [0, 0.1) is 5.82 Å². The molecule has 1 aromatic heterocycles. The van der Waals surface area contributed by atoms with Gasteiger partial charge in [-0.05, 0) is 24.3 Å². The van der Waals surface area contributed by atoms with Gasteiger partial charge in [0.2, 0.25) is 0 Å². The standard InChI is InChI=1S/C14H12FN3OS/c15-10-5-9(7-17-8-10)14(19)18-3-4-20-13-2-1-11(16)6-12(13)18/h1-2,5-8H,3-4,16H2. The van der Waals surface area contributed by atoms with Crippen LogP contribution in [0.2, 0.25) is 0 Å². The second-order valence-electron chi connectivity index (χ2n) is 4.42. The lowest BCUT2D eigenvalue weighted by Gasteiger charge is -2.29. The van der Waals surface area contributed by atoms with E-state index in [9.17, 15) is 9.18 Å². The first-order chi connectivity index (χ1) is 9.65. The lowest BCUT2D eigenvalue weighted by Crippen LogP contribution is -2.35. The summed E-state index contributed by atoms with van der Waals surface area (Å²) in [5, 5.41) is 0. The summed E-state index contributed by atoms with van der Waals surface area (Å²) in [6.45, 7) is 0.566. The van der Waals surface area contributed by atoms with Crippen LogP contribution < -0.4 is 10.6 Å². The van der Waals surface area contributed by atoms with Crippen molar-refractivity contribution in [3.05, 3.63) is 48.0 Å². The molecule has 2 heterocycles. The molecule has 1 aromatic carbocycles. The minimum absolute atomic E-state index is 0.241. The number of hydrogen-bond acceptors (Lipinski definition) is 4. The van der Waals surface area contributed by atoms with Crippen molar-refractivity contribution in [2.24, 2.45) is 0 Å². The van der Waals surface area contributed by atoms with E-state index in [1.807, 2.05) is 12.1 Å². The van der Waals surface area contributed by atoms with Crippen molar-refractivity contribution in [2.75, 3.05) is 22.9 Å². The lowest BCUT2D eigenvalue weighted by atomic mass is 10.2. The molecule has 6 heteroatoms. The number of carbonyl (C=O) groups is 1. The number of thioether (sulfide) groups is 1. The molecule has 0 radical (unpaired) electrons. The molecule has 0 fully saturated rings. The number of nitrogen functional groups attached to an aromatic ring is 1. The lowest BCUT2D eigenvalue weighted by molar-refractivity contribution is 0.0987. The summed E-state index contributed by atoms with van der Waals surface area (Å²) in [6.07, 6.45) is 2.45. The van der Waals surface area contributed by atoms with E-state index >= 15 is 0 Å². The maximum absolute atomic E-state index is 13.2. The molecule has 0 saturated carbocycles. The van der Waals surface area contributed by atoms with Gasteiger partial charge >= 0.3 is 0 Å². The van der Waals surface area contributed by atoms with Crippen LogP contribution in [-0.2, 0) is 0 Å². The number of carbonyl (C=O) groups excluding carboxylic acids is 1. The van der Waals surface area contributed by atoms with Gasteiger partial charge in [-0.3, -0.25) is 9.78 Å². The quantitative estimate of drug-likeness (QED) is 0.820. The van der Waals surface area contributed by atoms with E-state index in [0.29, 0.717) is 12.2 Å². The molecular weight excluding hydrogens is 277 g/mol. The molecule has 1 amide bonds. The Hall–Kier alpha value is -2.08. The van der Waals surface area contributed by atoms with Gasteiger partial charge in [0, 0.05) is 29.1 Å². The van der Waals surface area contributed by atoms with Crippen molar-refractivity contribution in [1.29, 1.82) is 0 Å². The molecule has 1 aliphatic heterocycles. The summed E-state index contributed by atoms with van der Waals surface area (Å²) < 4.78 is 13.2. The van der Waals surface area contributed by atoms with E-state index in [2.05, 4.69) is 4.98 Å². The zero-order chi connectivity index (χ0) is 14.1. The summed E-state index contributed by atoms with van der Waals surface area (Å²) in [6, 6.07) is 6.68. The summed E-state index contributed by atoms with van der Waals surface area (Å²) in [5.74, 6) is 0.0185. The van der Waals surface area contributed by atoms with Crippen LogP contribution in [0.15, 0.2) is 41.6 Å². The van der Waals surface area contributed by atoms with Crippen molar-refractivity contribution in [1.82, 2.24) is 4.98 Å². The predicted molar refractivity (Wildman–Crippen MR) is 77.4 cm³/mol. The molecule has 0 saturated heterocycles. The Morgan fingerprint density at radius 3 is 3.00 bits per heavy atom. The zero-order valence-electron chi connectivity index (χ0n) is 10.5. The molecule has 2 N–H and O–H groups in total. The predicted octanol–water partition coefficient (Wildman–Crippen LogP) is 2.56. The van der Waals surface area contributed by atoms with E-state index in [-0.39, 0.29) is 11.5 Å². The smallest absolute Gasteiger partial charge is 0.260 e. The first kappa shape index (κ1) is 12.9. The van der Waals surface area contributed by atoms with E-state index < -0.39 is 5.82 Å². The Morgan fingerprint density at radius 1 is 1.35 bits per heavy atom. The van der Waals surface area contributed by atoms with Gasteiger partial charge in [0.05, 0.1) is 17.4 Å². The second kappa shape index (κ2) is 5.13. The number of nitrogens with two attached hydrogens (primary N) is 1. The number of pyridine rings is 1. The highest BCUT2D eigenvalue weighted by Crippen LogP contribution is 2.36. The van der Waals surface area contributed by atoms with Crippen LogP contribution in [0.1, 0.15) is 10.4 Å². The third-order valence-corrected chi connectivity index (χ3v) is 4.09. The molecule has 1 aliphatic rings. The van der Waals surface area contributed by atoms with Gasteiger partial charge in [-0.2, -0.15) is 0 Å². The SMILES string of the molecule is Nc1ccc2c(c1)N(C(=O)c1cncc(F)c1)CCS2. The third kappa shape index (κ3) is 2.34. The average Bonchev–Trinajstić information content (AvgIpc) is 2.46. The minimum Gasteiger partial charge on any atom is -0.399 e. The number of hydrogen-bond donors (Lipinski definition) is 1. The van der Waals surface area contributed by atoms with Gasteiger partial charge < -0.3 is 10.6 Å². The van der Waals surface area contributed by atoms with Crippen LogP contribution >= 0.6 is 11.8 Å². The van der Waals surface area contributed by atoms with Crippen LogP contribution in [0.3, 0.4) is 0 Å². The van der Waals surface area contributed by atoms with Crippen molar-refractivity contribution < 1.29 is 9.18 Å². The van der Waals surface area contributed by atoms with Gasteiger partial charge in [-0.1, -0.05) is 0 Å². The summed E-state index contributed by atoms with van der Waals surface area (Å²) >= 11 is 1.68. The number of benzene rings is 1. The summed E-state index contributed by atoms with van der Waals surface area (Å²) in [4.78, 5) is 18.8. The number of rotatable bonds is 1. The topological polar surface area (TPSA) is 59.2 Å². The fourth-order valence-electron chi connectivity index (χ4n) is 2.13. The van der Waals surface area contributed by atoms with E-state index in [1.54, 1.807) is 22.7 Å². The maximum Gasteiger partial charge on any atom is 0.260 e. The number of fused-ring (bicyclic) bond motifs is 1. The van der Waals surface area contributed by atoms with Crippen molar-refractivity contribution in [2.45, 2.75) is 4.90 Å². The largest absolute Gasteiger partial charge is 0.399 e. The van der Waals surface area contributed by atoms with E-state index in [1.165, 1.54) is 12.3 Å². The fraction of sp³-hybridized carbons (Fsp3) is 0.143. The molecule has 0 aliphatic carbocycles. The van der Waals surface area contributed by atoms with Crippen molar-refractivity contribution in [3.8, 4) is 0 Å². The van der Waals surface area contributed by atoms with Crippen LogP contribution in [0.5, 0.6) is 0 Å². The monoisotopic (exact) mass is 289 g/mol. The molecule has 0 unspecified atom stereocenters.